The molecule has 4 nitrogen and oxygen atoms in total. The van der Waals surface area contributed by atoms with Crippen molar-refractivity contribution in [2.24, 2.45) is 0 Å². The maximum Gasteiger partial charge on any atom is 0.254 e. The zero-order valence-electron chi connectivity index (χ0n) is 16.3. The van der Waals surface area contributed by atoms with Crippen LogP contribution in [-0.4, -0.2) is 35.8 Å². The van der Waals surface area contributed by atoms with Crippen LogP contribution in [0.1, 0.15) is 58.9 Å². The summed E-state index contributed by atoms with van der Waals surface area (Å²) in [5.74, 6) is -0.128. The molecule has 3 rings (SSSR count). The van der Waals surface area contributed by atoms with Gasteiger partial charge in [0.1, 0.15) is 0 Å². The van der Waals surface area contributed by atoms with Crippen molar-refractivity contribution in [3.05, 3.63) is 70.2 Å². The Labute approximate surface area is 171 Å². The summed E-state index contributed by atoms with van der Waals surface area (Å²) in [4.78, 5) is 27.4. The summed E-state index contributed by atoms with van der Waals surface area (Å²) in [6, 6.07) is 14.9. The summed E-state index contributed by atoms with van der Waals surface area (Å²) in [6.45, 7) is 3.46. The lowest BCUT2D eigenvalue weighted by molar-refractivity contribution is 0.0608. The average molecular weight is 399 g/mol. The summed E-state index contributed by atoms with van der Waals surface area (Å²) in [5.41, 5.74) is 2.22. The van der Waals surface area contributed by atoms with Crippen molar-refractivity contribution in [3.63, 3.8) is 0 Å². The third kappa shape index (κ3) is 5.14. The molecule has 28 heavy (non-hydrogen) atoms. The van der Waals surface area contributed by atoms with E-state index in [2.05, 4.69) is 12.2 Å². The van der Waals surface area contributed by atoms with Crippen LogP contribution in [0.15, 0.2) is 48.5 Å². The highest BCUT2D eigenvalue weighted by Gasteiger charge is 2.26. The lowest BCUT2D eigenvalue weighted by Crippen LogP contribution is -2.43. The van der Waals surface area contributed by atoms with Gasteiger partial charge in [0.2, 0.25) is 0 Å². The largest absolute Gasteiger partial charge is 0.352 e. The Morgan fingerprint density at radius 1 is 1.11 bits per heavy atom. The van der Waals surface area contributed by atoms with Gasteiger partial charge in [0.05, 0.1) is 0 Å². The number of hydrogen-bond acceptors (Lipinski definition) is 2. The number of rotatable bonds is 6. The number of nitrogens with one attached hydrogen (secondary N) is 1. The van der Waals surface area contributed by atoms with Gasteiger partial charge in [-0.1, -0.05) is 36.7 Å². The summed E-state index contributed by atoms with van der Waals surface area (Å²) in [6.07, 6.45) is 4.99. The second kappa shape index (κ2) is 9.74. The van der Waals surface area contributed by atoms with Gasteiger partial charge in [-0.15, -0.1) is 0 Å². The second-order valence-corrected chi connectivity index (χ2v) is 7.71. The molecule has 5 heteroatoms. The summed E-state index contributed by atoms with van der Waals surface area (Å²) < 4.78 is 0. The molecule has 2 amide bonds. The highest BCUT2D eigenvalue weighted by molar-refractivity contribution is 6.30. The Hall–Kier alpha value is -2.33. The zero-order chi connectivity index (χ0) is 19.9. The third-order valence-corrected chi connectivity index (χ3v) is 5.60. The predicted molar refractivity (Wildman–Crippen MR) is 113 cm³/mol. The van der Waals surface area contributed by atoms with Crippen molar-refractivity contribution in [1.29, 1.82) is 0 Å². The molecular weight excluding hydrogens is 372 g/mol. The van der Waals surface area contributed by atoms with E-state index in [1.165, 1.54) is 6.42 Å². The maximum absolute atomic E-state index is 13.0. The fourth-order valence-electron chi connectivity index (χ4n) is 3.73. The summed E-state index contributed by atoms with van der Waals surface area (Å²) >= 11 is 5.89. The SMILES string of the molecule is CCC1CCCCN1C(=O)c1cccc(C(=O)NCCc2ccc(Cl)cc2)c1. The van der Waals surface area contributed by atoms with E-state index in [0.717, 1.165) is 37.8 Å². The first-order valence-corrected chi connectivity index (χ1v) is 10.4. The van der Waals surface area contributed by atoms with Gasteiger partial charge >= 0.3 is 0 Å². The van der Waals surface area contributed by atoms with Crippen LogP contribution in [0.2, 0.25) is 5.02 Å². The van der Waals surface area contributed by atoms with Crippen LogP contribution < -0.4 is 5.32 Å². The summed E-state index contributed by atoms with van der Waals surface area (Å²) in [5, 5.41) is 3.63. The fourth-order valence-corrected chi connectivity index (χ4v) is 3.85. The van der Waals surface area contributed by atoms with Gasteiger partial charge in [0, 0.05) is 35.3 Å². The molecule has 1 atom stereocenters. The highest BCUT2D eigenvalue weighted by Crippen LogP contribution is 2.22. The number of hydrogen-bond donors (Lipinski definition) is 1. The highest BCUT2D eigenvalue weighted by atomic mass is 35.5. The molecule has 2 aromatic rings. The predicted octanol–water partition coefficient (Wildman–Crippen LogP) is 4.72. The standard InChI is InChI=1S/C23H27ClN2O2/c1-2-21-8-3-4-15-26(21)23(28)19-7-5-6-18(16-19)22(27)25-14-13-17-9-11-20(24)12-10-17/h5-7,9-12,16,21H,2-4,8,13-15H2,1H3,(H,25,27). The van der Waals surface area contributed by atoms with Gasteiger partial charge in [-0.3, -0.25) is 9.59 Å². The molecule has 0 spiro atoms. The molecule has 148 valence electrons. The Bertz CT molecular complexity index is 820. The maximum atomic E-state index is 13.0. The normalized spacial score (nSPS) is 16.6. The zero-order valence-corrected chi connectivity index (χ0v) is 17.0. The van der Waals surface area contributed by atoms with Crippen molar-refractivity contribution >= 4 is 23.4 Å². The number of benzene rings is 2. The molecule has 1 fully saturated rings. The van der Waals surface area contributed by atoms with E-state index in [1.54, 1.807) is 24.3 Å². The van der Waals surface area contributed by atoms with E-state index >= 15 is 0 Å². The quantitative estimate of drug-likeness (QED) is 0.765. The van der Waals surface area contributed by atoms with Gasteiger partial charge in [0.25, 0.3) is 11.8 Å². The van der Waals surface area contributed by atoms with Gasteiger partial charge < -0.3 is 10.2 Å². The van der Waals surface area contributed by atoms with Crippen molar-refractivity contribution < 1.29 is 9.59 Å². The van der Waals surface area contributed by atoms with Crippen LogP contribution in [0.3, 0.4) is 0 Å². The van der Waals surface area contributed by atoms with Crippen LogP contribution in [0.5, 0.6) is 0 Å². The van der Waals surface area contributed by atoms with E-state index in [4.69, 9.17) is 11.6 Å². The Balaban J connectivity index is 1.60. The van der Waals surface area contributed by atoms with Crippen molar-refractivity contribution in [2.75, 3.05) is 13.1 Å². The van der Waals surface area contributed by atoms with Crippen molar-refractivity contribution in [1.82, 2.24) is 10.2 Å². The molecule has 1 saturated heterocycles. The average Bonchev–Trinajstić information content (AvgIpc) is 2.74. The monoisotopic (exact) mass is 398 g/mol. The molecule has 1 unspecified atom stereocenters. The summed E-state index contributed by atoms with van der Waals surface area (Å²) in [7, 11) is 0. The Morgan fingerprint density at radius 2 is 1.86 bits per heavy atom. The molecule has 0 bridgehead atoms. The molecule has 1 aliphatic rings. The molecule has 0 aromatic heterocycles. The molecule has 1 aliphatic heterocycles. The molecule has 0 radical (unpaired) electrons. The number of piperidine rings is 1. The Kier molecular flexibility index (Phi) is 7.10. The minimum atomic E-state index is -0.158. The van der Waals surface area contributed by atoms with E-state index < -0.39 is 0 Å². The molecule has 2 aromatic carbocycles. The first-order chi connectivity index (χ1) is 13.6. The van der Waals surface area contributed by atoms with Crippen molar-refractivity contribution in [2.45, 2.75) is 45.1 Å². The second-order valence-electron chi connectivity index (χ2n) is 7.27. The third-order valence-electron chi connectivity index (χ3n) is 5.34. The minimum absolute atomic E-state index is 0.0300. The number of carbonyl (C=O) groups is 2. The smallest absolute Gasteiger partial charge is 0.254 e. The number of halogens is 1. The van der Waals surface area contributed by atoms with E-state index in [0.29, 0.717) is 28.7 Å². The van der Waals surface area contributed by atoms with E-state index in [9.17, 15) is 9.59 Å². The number of carbonyl (C=O) groups excluding carboxylic acids is 2. The molecule has 0 aliphatic carbocycles. The lowest BCUT2D eigenvalue weighted by atomic mass is 9.98. The first kappa shape index (κ1) is 20.4. The minimum Gasteiger partial charge on any atom is -0.352 e. The van der Waals surface area contributed by atoms with Crippen LogP contribution >= 0.6 is 11.6 Å². The molecular formula is C23H27ClN2O2. The molecule has 1 heterocycles. The van der Waals surface area contributed by atoms with Crippen molar-refractivity contribution in [3.8, 4) is 0 Å². The van der Waals surface area contributed by atoms with Crippen LogP contribution in [-0.2, 0) is 6.42 Å². The number of amides is 2. The Morgan fingerprint density at radius 3 is 2.61 bits per heavy atom. The van der Waals surface area contributed by atoms with Crippen LogP contribution in [0, 0.1) is 0 Å². The van der Waals surface area contributed by atoms with Gasteiger partial charge in [-0.25, -0.2) is 0 Å². The first-order valence-electron chi connectivity index (χ1n) is 10.0. The lowest BCUT2D eigenvalue weighted by Gasteiger charge is -2.35. The van der Waals surface area contributed by atoms with E-state index in [-0.39, 0.29) is 11.8 Å². The van der Waals surface area contributed by atoms with E-state index in [1.807, 2.05) is 29.2 Å². The van der Waals surface area contributed by atoms with Crippen LogP contribution in [0.4, 0.5) is 0 Å². The molecule has 1 N–H and O–H groups in total. The number of nitrogens with zero attached hydrogens (tertiary/aromatic N) is 1. The van der Waals surface area contributed by atoms with Gasteiger partial charge in [-0.05, 0) is 68.0 Å². The van der Waals surface area contributed by atoms with Gasteiger partial charge in [0.15, 0.2) is 0 Å². The molecule has 0 saturated carbocycles. The fraction of sp³-hybridized carbons (Fsp3) is 0.391. The van der Waals surface area contributed by atoms with Gasteiger partial charge in [-0.2, -0.15) is 0 Å². The number of likely N-dealkylation sites (tertiary alicyclic amines) is 1. The topological polar surface area (TPSA) is 49.4 Å². The van der Waals surface area contributed by atoms with Crippen LogP contribution in [0.25, 0.3) is 0 Å².